The third-order valence-corrected chi connectivity index (χ3v) is 3.75. The molecule has 2 rings (SSSR count). The lowest BCUT2D eigenvalue weighted by atomic mass is 9.95. The van der Waals surface area contributed by atoms with Crippen LogP contribution >= 0.6 is 0 Å². The van der Waals surface area contributed by atoms with Crippen LogP contribution in [0.15, 0.2) is 29.1 Å². The van der Waals surface area contributed by atoms with Gasteiger partial charge in [-0.05, 0) is 24.6 Å². The third kappa shape index (κ3) is 4.51. The SMILES string of the molecule is Cc1nc(C(C)(C)C)[nH]c(=O)c1C(=O)NCC(O)c1ccc(F)cc1. The summed E-state index contributed by atoms with van der Waals surface area (Å²) in [6.07, 6.45) is -1.01. The second-order valence-electron chi connectivity index (χ2n) is 6.90. The lowest BCUT2D eigenvalue weighted by Gasteiger charge is -2.18. The smallest absolute Gasteiger partial charge is 0.264 e. The lowest BCUT2D eigenvalue weighted by Crippen LogP contribution is -2.35. The Morgan fingerprint density at radius 3 is 2.44 bits per heavy atom. The summed E-state index contributed by atoms with van der Waals surface area (Å²) in [6.45, 7) is 7.21. The lowest BCUT2D eigenvalue weighted by molar-refractivity contribution is 0.0913. The molecule has 0 saturated heterocycles. The van der Waals surface area contributed by atoms with Crippen molar-refractivity contribution < 1.29 is 14.3 Å². The predicted octanol–water partition coefficient (Wildman–Crippen LogP) is 1.98. The summed E-state index contributed by atoms with van der Waals surface area (Å²) in [5, 5.41) is 12.6. The van der Waals surface area contributed by atoms with Crippen LogP contribution in [0.5, 0.6) is 0 Å². The van der Waals surface area contributed by atoms with Gasteiger partial charge in [0.05, 0.1) is 11.8 Å². The number of carbonyl (C=O) groups excluding carboxylic acids is 1. The maximum absolute atomic E-state index is 12.9. The Hall–Kier alpha value is -2.54. The van der Waals surface area contributed by atoms with E-state index in [9.17, 15) is 19.1 Å². The summed E-state index contributed by atoms with van der Waals surface area (Å²) in [7, 11) is 0. The molecule has 7 heteroatoms. The summed E-state index contributed by atoms with van der Waals surface area (Å²) in [4.78, 5) is 31.5. The fourth-order valence-corrected chi connectivity index (χ4v) is 2.29. The fourth-order valence-electron chi connectivity index (χ4n) is 2.29. The highest BCUT2D eigenvalue weighted by Crippen LogP contribution is 2.17. The predicted molar refractivity (Wildman–Crippen MR) is 92.0 cm³/mol. The molecule has 3 N–H and O–H groups in total. The molecule has 6 nitrogen and oxygen atoms in total. The van der Waals surface area contributed by atoms with Crippen LogP contribution in [-0.4, -0.2) is 27.5 Å². The Morgan fingerprint density at radius 2 is 1.92 bits per heavy atom. The molecule has 0 saturated carbocycles. The third-order valence-electron chi connectivity index (χ3n) is 3.75. The first-order chi connectivity index (χ1) is 11.6. The van der Waals surface area contributed by atoms with E-state index in [-0.39, 0.29) is 17.5 Å². The Bertz CT molecular complexity index is 823. The number of amides is 1. The molecule has 1 aromatic carbocycles. The van der Waals surface area contributed by atoms with Gasteiger partial charge in [0.2, 0.25) is 0 Å². The molecule has 0 aliphatic carbocycles. The highest BCUT2D eigenvalue weighted by molar-refractivity contribution is 5.94. The molecular formula is C18H22FN3O3. The first-order valence-corrected chi connectivity index (χ1v) is 7.92. The zero-order valence-corrected chi connectivity index (χ0v) is 14.7. The van der Waals surface area contributed by atoms with Crippen molar-refractivity contribution in [1.82, 2.24) is 15.3 Å². The normalized spacial score (nSPS) is 12.7. The minimum Gasteiger partial charge on any atom is -0.387 e. The Morgan fingerprint density at radius 1 is 1.32 bits per heavy atom. The number of aliphatic hydroxyl groups is 1. The number of nitrogens with zero attached hydrogens (tertiary/aromatic N) is 1. The molecular weight excluding hydrogens is 325 g/mol. The second kappa shape index (κ2) is 7.14. The van der Waals surface area contributed by atoms with E-state index < -0.39 is 23.4 Å². The van der Waals surface area contributed by atoms with E-state index in [0.717, 1.165) is 0 Å². The quantitative estimate of drug-likeness (QED) is 0.788. The van der Waals surface area contributed by atoms with Crippen molar-refractivity contribution >= 4 is 5.91 Å². The van der Waals surface area contributed by atoms with Gasteiger partial charge >= 0.3 is 0 Å². The minimum atomic E-state index is -1.01. The van der Waals surface area contributed by atoms with Crippen LogP contribution in [0.4, 0.5) is 4.39 Å². The van der Waals surface area contributed by atoms with Gasteiger partial charge in [-0.15, -0.1) is 0 Å². The average molecular weight is 347 g/mol. The van der Waals surface area contributed by atoms with Crippen LogP contribution in [0, 0.1) is 12.7 Å². The number of halogens is 1. The summed E-state index contributed by atoms with van der Waals surface area (Å²) >= 11 is 0. The first kappa shape index (κ1) is 18.8. The van der Waals surface area contributed by atoms with E-state index in [1.54, 1.807) is 6.92 Å². The number of benzene rings is 1. The summed E-state index contributed by atoms with van der Waals surface area (Å²) < 4.78 is 12.9. The Kier molecular flexibility index (Phi) is 5.37. The summed E-state index contributed by atoms with van der Waals surface area (Å²) in [6, 6.07) is 5.32. The number of carbonyl (C=O) groups is 1. The molecule has 1 unspecified atom stereocenters. The minimum absolute atomic E-state index is 0.0840. The topological polar surface area (TPSA) is 95.1 Å². The molecule has 134 valence electrons. The van der Waals surface area contributed by atoms with Crippen LogP contribution in [0.2, 0.25) is 0 Å². The number of nitrogens with one attached hydrogen (secondary N) is 2. The summed E-state index contributed by atoms with van der Waals surface area (Å²) in [5.74, 6) is -0.530. The van der Waals surface area contributed by atoms with E-state index in [1.807, 2.05) is 20.8 Å². The van der Waals surface area contributed by atoms with Gasteiger partial charge in [-0.3, -0.25) is 9.59 Å². The van der Waals surface area contributed by atoms with Crippen molar-refractivity contribution in [1.29, 1.82) is 0 Å². The van der Waals surface area contributed by atoms with Crippen LogP contribution < -0.4 is 10.9 Å². The largest absolute Gasteiger partial charge is 0.387 e. The van der Waals surface area contributed by atoms with Gasteiger partial charge in [0, 0.05) is 12.0 Å². The monoisotopic (exact) mass is 347 g/mol. The van der Waals surface area contributed by atoms with Gasteiger partial charge in [-0.25, -0.2) is 9.37 Å². The molecule has 0 radical (unpaired) electrons. The van der Waals surface area contributed by atoms with Gasteiger partial charge in [0.15, 0.2) is 0 Å². The number of rotatable bonds is 4. The van der Waals surface area contributed by atoms with Crippen molar-refractivity contribution in [3.8, 4) is 0 Å². The summed E-state index contributed by atoms with van der Waals surface area (Å²) in [5.41, 5.74) is -0.168. The highest BCUT2D eigenvalue weighted by atomic mass is 19.1. The zero-order valence-electron chi connectivity index (χ0n) is 14.7. The van der Waals surface area contributed by atoms with Crippen LogP contribution in [0.25, 0.3) is 0 Å². The number of H-pyrrole nitrogens is 1. The molecule has 25 heavy (non-hydrogen) atoms. The van der Waals surface area contributed by atoms with E-state index >= 15 is 0 Å². The second-order valence-corrected chi connectivity index (χ2v) is 6.90. The van der Waals surface area contributed by atoms with E-state index in [0.29, 0.717) is 17.1 Å². The molecule has 2 aromatic rings. The van der Waals surface area contributed by atoms with Crippen molar-refractivity contribution in [3.63, 3.8) is 0 Å². The van der Waals surface area contributed by atoms with E-state index in [4.69, 9.17) is 0 Å². The molecule has 0 bridgehead atoms. The van der Waals surface area contributed by atoms with Gasteiger partial charge < -0.3 is 15.4 Å². The van der Waals surface area contributed by atoms with Crippen molar-refractivity contribution in [2.24, 2.45) is 0 Å². The number of aliphatic hydroxyl groups excluding tert-OH is 1. The molecule has 0 aliphatic rings. The Labute approximate surface area is 145 Å². The first-order valence-electron chi connectivity index (χ1n) is 7.92. The van der Waals surface area contributed by atoms with E-state index in [2.05, 4.69) is 15.3 Å². The molecule has 0 spiro atoms. The maximum atomic E-state index is 12.9. The van der Waals surface area contributed by atoms with Gasteiger partial charge in [-0.1, -0.05) is 32.9 Å². The van der Waals surface area contributed by atoms with E-state index in [1.165, 1.54) is 24.3 Å². The standard InChI is InChI=1S/C18H22FN3O3/c1-10-14(16(25)22-17(21-10)18(2,3)4)15(24)20-9-13(23)11-5-7-12(19)8-6-11/h5-8,13,23H,9H2,1-4H3,(H,20,24)(H,21,22,25). The molecule has 1 aromatic heterocycles. The van der Waals surface area contributed by atoms with Crippen LogP contribution in [0.1, 0.15) is 54.3 Å². The average Bonchev–Trinajstić information content (AvgIpc) is 2.51. The molecule has 1 heterocycles. The number of hydrogen-bond acceptors (Lipinski definition) is 4. The fraction of sp³-hybridized carbons (Fsp3) is 0.389. The van der Waals surface area contributed by atoms with Gasteiger partial charge in [0.25, 0.3) is 11.5 Å². The maximum Gasteiger partial charge on any atom is 0.264 e. The van der Waals surface area contributed by atoms with Crippen molar-refractivity contribution in [2.45, 2.75) is 39.2 Å². The van der Waals surface area contributed by atoms with Crippen molar-refractivity contribution in [2.75, 3.05) is 6.54 Å². The molecule has 0 fully saturated rings. The van der Waals surface area contributed by atoms with Gasteiger partial charge in [0.1, 0.15) is 17.2 Å². The molecule has 1 atom stereocenters. The number of aryl methyl sites for hydroxylation is 1. The Balaban J connectivity index is 2.13. The number of aromatic amines is 1. The van der Waals surface area contributed by atoms with Crippen molar-refractivity contribution in [3.05, 3.63) is 63.1 Å². The zero-order chi connectivity index (χ0) is 18.8. The van der Waals surface area contributed by atoms with Gasteiger partial charge in [-0.2, -0.15) is 0 Å². The van der Waals surface area contributed by atoms with Crippen LogP contribution in [0.3, 0.4) is 0 Å². The van der Waals surface area contributed by atoms with Crippen LogP contribution in [-0.2, 0) is 5.41 Å². The molecule has 1 amide bonds. The number of aromatic nitrogens is 2. The number of hydrogen-bond donors (Lipinski definition) is 3. The molecule has 0 aliphatic heterocycles. The highest BCUT2D eigenvalue weighted by Gasteiger charge is 2.22.